The van der Waals surface area contributed by atoms with Gasteiger partial charge in [0.25, 0.3) is 0 Å². The van der Waals surface area contributed by atoms with Gasteiger partial charge in [0.15, 0.2) is 0 Å². The van der Waals surface area contributed by atoms with Crippen LogP contribution in [0.4, 0.5) is 4.79 Å². The number of rotatable bonds is 4. The summed E-state index contributed by atoms with van der Waals surface area (Å²) < 4.78 is 3.74. The van der Waals surface area contributed by atoms with Crippen molar-refractivity contribution >= 4 is 12.1 Å². The van der Waals surface area contributed by atoms with E-state index in [1.165, 1.54) is 6.92 Å². The molecule has 0 heterocycles. The normalized spacial score (nSPS) is 14.7. The maximum atomic E-state index is 10.6. The van der Waals surface area contributed by atoms with Gasteiger partial charge in [-0.25, -0.2) is 4.79 Å². The molecule has 0 bridgehead atoms. The average Bonchev–Trinajstić information content (AvgIpc) is 1.80. The number of hydrogen-bond donors (Lipinski definition) is 3. The number of hydrogen-bond acceptors (Lipinski definition) is 5. The monoisotopic (exact) mass is 192 g/mol. The van der Waals surface area contributed by atoms with E-state index in [1.54, 1.807) is 0 Å². The van der Waals surface area contributed by atoms with E-state index >= 15 is 0 Å². The van der Waals surface area contributed by atoms with Crippen LogP contribution in [0.25, 0.3) is 0 Å². The van der Waals surface area contributed by atoms with Gasteiger partial charge in [0.05, 0.1) is 18.6 Å². The van der Waals surface area contributed by atoms with Gasteiger partial charge >= 0.3 is 12.1 Å². The number of carbonyl (C=O) groups is 2. The highest BCUT2D eigenvalue weighted by molar-refractivity contribution is 5.81. The fourth-order valence-corrected chi connectivity index (χ4v) is 0.809. The largest absolute Gasteiger partial charge is 0.513 e. The van der Waals surface area contributed by atoms with Crippen LogP contribution in [0.2, 0.25) is 0 Å². The molecule has 0 amide bonds. The summed E-state index contributed by atoms with van der Waals surface area (Å²) in [6, 6.07) is 0. The second-order valence-electron chi connectivity index (χ2n) is 2.68. The lowest BCUT2D eigenvalue weighted by molar-refractivity contribution is -0.141. The fourth-order valence-electron chi connectivity index (χ4n) is 0.809. The van der Waals surface area contributed by atoms with E-state index in [1.807, 2.05) is 0 Å². The quantitative estimate of drug-likeness (QED) is 0.418. The van der Waals surface area contributed by atoms with Gasteiger partial charge in [0.1, 0.15) is 0 Å². The van der Waals surface area contributed by atoms with Crippen molar-refractivity contribution in [2.45, 2.75) is 32.0 Å². The molecular formula is C7H12O6. The third kappa shape index (κ3) is 7.23. The Hall–Kier alpha value is -1.14. The van der Waals surface area contributed by atoms with Crippen LogP contribution in [0.5, 0.6) is 0 Å². The van der Waals surface area contributed by atoms with Crippen molar-refractivity contribution in [3.63, 3.8) is 0 Å². The van der Waals surface area contributed by atoms with Gasteiger partial charge in [0.2, 0.25) is 0 Å². The van der Waals surface area contributed by atoms with E-state index in [-0.39, 0.29) is 6.42 Å². The van der Waals surface area contributed by atoms with Crippen LogP contribution >= 0.6 is 0 Å². The highest BCUT2D eigenvalue weighted by atomic mass is 16.7. The predicted molar refractivity (Wildman–Crippen MR) is 41.0 cm³/mol. The molecule has 76 valence electrons. The predicted octanol–water partition coefficient (Wildman–Crippen LogP) is -0.271. The molecule has 0 aromatic rings. The minimum Gasteiger partial charge on any atom is -0.449 e. The summed E-state index contributed by atoms with van der Waals surface area (Å²) in [6.45, 7) is 1.45. The van der Waals surface area contributed by atoms with Crippen LogP contribution in [-0.2, 0) is 9.53 Å². The van der Waals surface area contributed by atoms with Crippen LogP contribution in [-0.4, -0.2) is 39.7 Å². The van der Waals surface area contributed by atoms with Gasteiger partial charge in [-0.1, -0.05) is 0 Å². The molecule has 0 fully saturated rings. The van der Waals surface area contributed by atoms with Gasteiger partial charge in [-0.15, -0.1) is 0 Å². The number of aliphatic hydroxyl groups excluding tert-OH is 2. The first kappa shape index (κ1) is 11.9. The number of aliphatic hydroxyl groups is 2. The molecule has 0 aliphatic carbocycles. The molecule has 2 atom stereocenters. The molecule has 2 unspecified atom stereocenters. The highest BCUT2D eigenvalue weighted by Gasteiger charge is 2.16. The van der Waals surface area contributed by atoms with E-state index in [0.29, 0.717) is 0 Å². The van der Waals surface area contributed by atoms with Crippen molar-refractivity contribution in [1.82, 2.24) is 0 Å². The van der Waals surface area contributed by atoms with E-state index in [0.717, 1.165) is 0 Å². The Labute approximate surface area is 74.7 Å². The Morgan fingerprint density at radius 3 is 2.31 bits per heavy atom. The van der Waals surface area contributed by atoms with Crippen molar-refractivity contribution < 1.29 is 29.6 Å². The van der Waals surface area contributed by atoms with Gasteiger partial charge in [0, 0.05) is 0 Å². The minimum absolute atomic E-state index is 0.00865. The minimum atomic E-state index is -1.70. The van der Waals surface area contributed by atoms with E-state index < -0.39 is 30.8 Å². The molecule has 0 radical (unpaired) electrons. The molecule has 3 N–H and O–H groups in total. The molecular weight excluding hydrogens is 180 g/mol. The summed E-state index contributed by atoms with van der Waals surface area (Å²) in [6.07, 6.45) is -3.94. The van der Waals surface area contributed by atoms with Crippen molar-refractivity contribution in [3.8, 4) is 0 Å². The van der Waals surface area contributed by atoms with Gasteiger partial charge in [-0.05, 0) is 13.3 Å². The van der Waals surface area contributed by atoms with Crippen molar-refractivity contribution in [2.24, 2.45) is 0 Å². The Balaban J connectivity index is 3.71. The maximum absolute atomic E-state index is 10.6. The molecule has 13 heavy (non-hydrogen) atoms. The fraction of sp³-hybridized carbons (Fsp3) is 0.714. The zero-order chi connectivity index (χ0) is 10.4. The Morgan fingerprint density at radius 1 is 1.38 bits per heavy atom. The lowest BCUT2D eigenvalue weighted by Crippen LogP contribution is -2.21. The molecule has 0 spiro atoms. The Bertz CT molecular complexity index is 187. The topological polar surface area (TPSA) is 104 Å². The number of carboxylic acid groups (broad SMARTS) is 1. The highest BCUT2D eigenvalue weighted by Crippen LogP contribution is 2.03. The lowest BCUT2D eigenvalue weighted by Gasteiger charge is -2.09. The van der Waals surface area contributed by atoms with Crippen molar-refractivity contribution in [2.75, 3.05) is 0 Å². The van der Waals surface area contributed by atoms with Crippen LogP contribution < -0.4 is 0 Å². The molecule has 0 aliphatic rings. The first-order valence-corrected chi connectivity index (χ1v) is 3.71. The first-order valence-electron chi connectivity index (χ1n) is 3.71. The summed E-state index contributed by atoms with van der Waals surface area (Å²) >= 11 is 0. The Kier molecular flexibility index (Phi) is 5.01. The van der Waals surface area contributed by atoms with E-state index in [2.05, 4.69) is 4.74 Å². The number of carbonyl (C=O) groups excluding carboxylic acids is 1. The number of ether oxygens (including phenoxy) is 1. The maximum Gasteiger partial charge on any atom is 0.513 e. The number of esters is 1. The van der Waals surface area contributed by atoms with Crippen LogP contribution in [0.15, 0.2) is 0 Å². The molecule has 0 aliphatic heterocycles. The van der Waals surface area contributed by atoms with E-state index in [9.17, 15) is 9.59 Å². The third-order valence-electron chi connectivity index (χ3n) is 1.22. The zero-order valence-corrected chi connectivity index (χ0v) is 7.14. The smallest absolute Gasteiger partial charge is 0.449 e. The van der Waals surface area contributed by atoms with Crippen molar-refractivity contribution in [1.29, 1.82) is 0 Å². The second kappa shape index (κ2) is 5.50. The van der Waals surface area contributed by atoms with Gasteiger partial charge in [-0.2, -0.15) is 0 Å². The van der Waals surface area contributed by atoms with Gasteiger partial charge < -0.3 is 20.1 Å². The SMILES string of the molecule is CC(O)CC(O)CC(=O)OC(=O)O. The first-order chi connectivity index (χ1) is 5.91. The van der Waals surface area contributed by atoms with Crippen LogP contribution in [0, 0.1) is 0 Å². The molecule has 0 saturated carbocycles. The summed E-state index contributed by atoms with van der Waals surface area (Å²) in [7, 11) is 0. The van der Waals surface area contributed by atoms with Gasteiger partial charge in [-0.3, -0.25) is 4.79 Å². The summed E-state index contributed by atoms with van der Waals surface area (Å²) in [5, 5.41) is 25.8. The van der Waals surface area contributed by atoms with Crippen molar-refractivity contribution in [3.05, 3.63) is 0 Å². The second-order valence-corrected chi connectivity index (χ2v) is 2.68. The summed E-state index contributed by atoms with van der Waals surface area (Å²) in [5.74, 6) is -1.03. The Morgan fingerprint density at radius 2 is 1.92 bits per heavy atom. The molecule has 6 nitrogen and oxygen atoms in total. The summed E-state index contributed by atoms with van der Waals surface area (Å²) in [5.41, 5.74) is 0. The molecule has 0 saturated heterocycles. The molecule has 0 aromatic heterocycles. The molecule has 0 rings (SSSR count). The third-order valence-corrected chi connectivity index (χ3v) is 1.22. The lowest BCUT2D eigenvalue weighted by atomic mass is 10.1. The summed E-state index contributed by atoms with van der Waals surface area (Å²) in [4.78, 5) is 20.4. The van der Waals surface area contributed by atoms with E-state index in [4.69, 9.17) is 15.3 Å². The molecule has 6 heteroatoms. The van der Waals surface area contributed by atoms with Crippen LogP contribution in [0.3, 0.4) is 0 Å². The van der Waals surface area contributed by atoms with Crippen LogP contribution in [0.1, 0.15) is 19.8 Å². The standard InChI is InChI=1S/C7H12O6/c1-4(8)2-5(9)3-6(10)13-7(11)12/h4-5,8-9H,2-3H2,1H3,(H,11,12). The average molecular weight is 192 g/mol. The zero-order valence-electron chi connectivity index (χ0n) is 7.14. The molecule has 0 aromatic carbocycles.